The quantitative estimate of drug-likeness (QED) is 0.227. The predicted octanol–water partition coefficient (Wildman–Crippen LogP) is 6.01. The summed E-state index contributed by atoms with van der Waals surface area (Å²) in [5, 5.41) is 12.9. The van der Waals surface area contributed by atoms with E-state index in [0.29, 0.717) is 36.0 Å². The molecule has 0 bridgehead atoms. The van der Waals surface area contributed by atoms with Crippen LogP contribution in [0.2, 0.25) is 0 Å². The number of rotatable bonds is 11. The number of aliphatic carboxylic acids is 1. The van der Waals surface area contributed by atoms with E-state index in [9.17, 15) is 9.90 Å². The number of hydrogen-bond donors (Lipinski definition) is 2. The van der Waals surface area contributed by atoms with E-state index in [4.69, 9.17) is 14.1 Å². The Hall–Kier alpha value is -4.91. The average molecular weight is 506 g/mol. The SMILES string of the molecule is O=C(O)C(Cc1ccco1)Nc1ncc(-c2cccc(OCc3ccccc3)c2)nc1Cc1ccccc1. The van der Waals surface area contributed by atoms with Crippen molar-refractivity contribution in [3.63, 3.8) is 0 Å². The molecule has 1 atom stereocenters. The van der Waals surface area contributed by atoms with Crippen molar-refractivity contribution in [3.05, 3.63) is 132 Å². The normalized spacial score (nSPS) is 11.6. The van der Waals surface area contributed by atoms with Crippen LogP contribution in [0.15, 0.2) is 114 Å². The molecule has 1 unspecified atom stereocenters. The Morgan fingerprint density at radius 3 is 2.39 bits per heavy atom. The molecule has 0 saturated carbocycles. The first-order valence-electron chi connectivity index (χ1n) is 12.3. The molecule has 0 saturated heterocycles. The molecule has 190 valence electrons. The number of nitrogens with one attached hydrogen (secondary N) is 1. The van der Waals surface area contributed by atoms with Crippen LogP contribution in [-0.4, -0.2) is 27.1 Å². The Morgan fingerprint density at radius 1 is 0.921 bits per heavy atom. The van der Waals surface area contributed by atoms with Crippen molar-refractivity contribution < 1.29 is 19.1 Å². The number of benzene rings is 3. The van der Waals surface area contributed by atoms with E-state index in [1.54, 1.807) is 18.3 Å². The zero-order valence-electron chi connectivity index (χ0n) is 20.7. The first-order chi connectivity index (χ1) is 18.6. The summed E-state index contributed by atoms with van der Waals surface area (Å²) in [6.45, 7) is 0.463. The van der Waals surface area contributed by atoms with Gasteiger partial charge in [0, 0.05) is 18.4 Å². The van der Waals surface area contributed by atoms with Crippen molar-refractivity contribution in [1.29, 1.82) is 0 Å². The molecule has 7 nitrogen and oxygen atoms in total. The van der Waals surface area contributed by atoms with Gasteiger partial charge in [0.15, 0.2) is 0 Å². The van der Waals surface area contributed by atoms with Crippen LogP contribution in [0.5, 0.6) is 5.75 Å². The highest BCUT2D eigenvalue weighted by Crippen LogP contribution is 2.26. The summed E-state index contributed by atoms with van der Waals surface area (Å²) in [5.41, 5.74) is 4.30. The maximum atomic E-state index is 12.0. The number of carbonyl (C=O) groups is 1. The van der Waals surface area contributed by atoms with Crippen molar-refractivity contribution in [3.8, 4) is 17.0 Å². The summed E-state index contributed by atoms with van der Waals surface area (Å²) in [4.78, 5) is 21.6. The van der Waals surface area contributed by atoms with Crippen LogP contribution in [0.4, 0.5) is 5.82 Å². The molecule has 2 aromatic heterocycles. The fourth-order valence-electron chi connectivity index (χ4n) is 4.08. The lowest BCUT2D eigenvalue weighted by molar-refractivity contribution is -0.138. The molecular weight excluding hydrogens is 478 g/mol. The molecule has 2 N–H and O–H groups in total. The summed E-state index contributed by atoms with van der Waals surface area (Å²) in [6, 6.07) is 30.2. The van der Waals surface area contributed by atoms with Gasteiger partial charge >= 0.3 is 5.97 Å². The molecule has 0 aliphatic heterocycles. The Balaban J connectivity index is 1.42. The second-order valence-corrected chi connectivity index (χ2v) is 8.83. The van der Waals surface area contributed by atoms with Gasteiger partial charge in [0.25, 0.3) is 0 Å². The number of carboxylic acid groups (broad SMARTS) is 1. The first-order valence-corrected chi connectivity index (χ1v) is 12.3. The van der Waals surface area contributed by atoms with E-state index in [1.165, 1.54) is 6.26 Å². The predicted molar refractivity (Wildman–Crippen MR) is 145 cm³/mol. The van der Waals surface area contributed by atoms with Gasteiger partial charge in [0.1, 0.15) is 30.0 Å². The van der Waals surface area contributed by atoms with Crippen LogP contribution in [0.25, 0.3) is 11.3 Å². The molecule has 0 aliphatic rings. The zero-order chi connectivity index (χ0) is 26.2. The minimum absolute atomic E-state index is 0.178. The summed E-state index contributed by atoms with van der Waals surface area (Å²) >= 11 is 0. The third kappa shape index (κ3) is 6.44. The lowest BCUT2D eigenvalue weighted by Gasteiger charge is -2.17. The summed E-state index contributed by atoms with van der Waals surface area (Å²) < 4.78 is 11.4. The molecular formula is C31H27N3O4. The van der Waals surface area contributed by atoms with Gasteiger partial charge in [-0.2, -0.15) is 0 Å². The number of nitrogens with zero attached hydrogens (tertiary/aromatic N) is 2. The van der Waals surface area contributed by atoms with Gasteiger partial charge in [-0.1, -0.05) is 72.8 Å². The minimum Gasteiger partial charge on any atom is -0.489 e. The first kappa shape index (κ1) is 24.8. The molecule has 7 heteroatoms. The van der Waals surface area contributed by atoms with Crippen LogP contribution in [0.3, 0.4) is 0 Å². The molecule has 38 heavy (non-hydrogen) atoms. The van der Waals surface area contributed by atoms with E-state index in [2.05, 4.69) is 10.3 Å². The van der Waals surface area contributed by atoms with E-state index in [0.717, 1.165) is 22.4 Å². The molecule has 0 spiro atoms. The Kier molecular flexibility index (Phi) is 7.75. The van der Waals surface area contributed by atoms with E-state index in [-0.39, 0.29) is 6.42 Å². The molecule has 5 aromatic rings. The molecule has 0 radical (unpaired) electrons. The highest BCUT2D eigenvalue weighted by Gasteiger charge is 2.22. The third-order valence-electron chi connectivity index (χ3n) is 6.03. The van der Waals surface area contributed by atoms with Crippen LogP contribution in [-0.2, 0) is 24.2 Å². The van der Waals surface area contributed by atoms with Gasteiger partial charge in [-0.05, 0) is 35.4 Å². The largest absolute Gasteiger partial charge is 0.489 e. The zero-order valence-corrected chi connectivity index (χ0v) is 20.7. The van der Waals surface area contributed by atoms with Crippen molar-refractivity contribution in [2.45, 2.75) is 25.5 Å². The monoisotopic (exact) mass is 505 g/mol. The topological polar surface area (TPSA) is 97.5 Å². The van der Waals surface area contributed by atoms with Crippen LogP contribution in [0.1, 0.15) is 22.6 Å². The lowest BCUT2D eigenvalue weighted by atomic mass is 10.1. The smallest absolute Gasteiger partial charge is 0.326 e. The number of hydrogen-bond acceptors (Lipinski definition) is 6. The average Bonchev–Trinajstić information content (AvgIpc) is 3.47. The number of ether oxygens (including phenoxy) is 1. The summed E-state index contributed by atoms with van der Waals surface area (Å²) in [6.07, 6.45) is 3.85. The highest BCUT2D eigenvalue weighted by molar-refractivity contribution is 5.77. The van der Waals surface area contributed by atoms with Gasteiger partial charge < -0.3 is 19.6 Å². The van der Waals surface area contributed by atoms with Crippen molar-refractivity contribution in [1.82, 2.24) is 9.97 Å². The fraction of sp³-hybridized carbons (Fsp3) is 0.129. The second-order valence-electron chi connectivity index (χ2n) is 8.83. The van der Waals surface area contributed by atoms with Crippen molar-refractivity contribution in [2.24, 2.45) is 0 Å². The van der Waals surface area contributed by atoms with Gasteiger partial charge in [0.2, 0.25) is 0 Å². The van der Waals surface area contributed by atoms with Crippen LogP contribution >= 0.6 is 0 Å². The summed E-state index contributed by atoms with van der Waals surface area (Å²) in [5.74, 6) is 0.727. The minimum atomic E-state index is -0.999. The van der Waals surface area contributed by atoms with E-state index in [1.807, 2.05) is 84.9 Å². The van der Waals surface area contributed by atoms with Crippen LogP contribution < -0.4 is 10.1 Å². The fourth-order valence-corrected chi connectivity index (χ4v) is 4.08. The molecule has 2 heterocycles. The number of aromatic nitrogens is 2. The van der Waals surface area contributed by atoms with Crippen molar-refractivity contribution >= 4 is 11.8 Å². The van der Waals surface area contributed by atoms with Gasteiger partial charge in [0.05, 0.1) is 23.8 Å². The van der Waals surface area contributed by atoms with E-state index >= 15 is 0 Å². The summed E-state index contributed by atoms with van der Waals surface area (Å²) in [7, 11) is 0. The number of carboxylic acids is 1. The molecule has 0 aliphatic carbocycles. The maximum absolute atomic E-state index is 12.0. The van der Waals surface area contributed by atoms with Gasteiger partial charge in [-0.25, -0.2) is 14.8 Å². The maximum Gasteiger partial charge on any atom is 0.326 e. The Morgan fingerprint density at radius 2 is 1.68 bits per heavy atom. The molecule has 0 amide bonds. The Labute approximate surface area is 220 Å². The third-order valence-corrected chi connectivity index (χ3v) is 6.03. The molecule has 0 fully saturated rings. The number of anilines is 1. The second kappa shape index (κ2) is 11.9. The van der Waals surface area contributed by atoms with Crippen LogP contribution in [0, 0.1) is 0 Å². The molecule has 5 rings (SSSR count). The van der Waals surface area contributed by atoms with Crippen molar-refractivity contribution in [2.75, 3.05) is 5.32 Å². The van der Waals surface area contributed by atoms with Gasteiger partial charge in [-0.3, -0.25) is 0 Å². The van der Waals surface area contributed by atoms with Gasteiger partial charge in [-0.15, -0.1) is 0 Å². The van der Waals surface area contributed by atoms with E-state index < -0.39 is 12.0 Å². The standard InChI is InChI=1S/C31H27N3O4/c35-31(36)28(19-26-15-8-16-37-26)34-30-27(17-22-9-3-1-4-10-22)33-29(20-32-30)24-13-7-14-25(18-24)38-21-23-11-5-2-6-12-23/h1-16,18,20,28H,17,19,21H2,(H,32,34)(H,35,36). The molecule has 3 aromatic carbocycles. The number of furan rings is 1. The highest BCUT2D eigenvalue weighted by atomic mass is 16.5. The Bertz CT molecular complexity index is 1470. The lowest BCUT2D eigenvalue weighted by Crippen LogP contribution is -2.32.